The number of sulfonamides is 1. The van der Waals surface area contributed by atoms with Gasteiger partial charge in [-0.2, -0.15) is 14.5 Å². The largest absolute Gasteiger partial charge is 0.271 e. The molecule has 2 aromatic heterocycles. The lowest BCUT2D eigenvalue weighted by Crippen LogP contribution is -2.28. The number of aromatic nitrogens is 4. The first-order chi connectivity index (χ1) is 10.7. The second-order valence-corrected chi connectivity index (χ2v) is 7.75. The second-order valence-electron chi connectivity index (χ2n) is 5.36. The number of hydrogen-bond acceptors (Lipinski definition) is 4. The Bertz CT molecular complexity index is 809. The molecule has 0 saturated carbocycles. The zero-order chi connectivity index (χ0) is 17.4. The molecule has 128 valence electrons. The van der Waals surface area contributed by atoms with E-state index in [4.69, 9.17) is 11.6 Å². The van der Waals surface area contributed by atoms with Gasteiger partial charge in [0.2, 0.25) is 10.0 Å². The van der Waals surface area contributed by atoms with Gasteiger partial charge in [0.05, 0.1) is 28.6 Å². The van der Waals surface area contributed by atoms with E-state index in [0.29, 0.717) is 35.2 Å². The van der Waals surface area contributed by atoms with Crippen LogP contribution in [0, 0.1) is 13.8 Å². The first kappa shape index (κ1) is 18.0. The van der Waals surface area contributed by atoms with E-state index in [0.717, 1.165) is 0 Å². The lowest BCUT2D eigenvalue weighted by atomic mass is 10.4. The van der Waals surface area contributed by atoms with E-state index in [1.807, 2.05) is 13.8 Å². The van der Waals surface area contributed by atoms with Crippen molar-refractivity contribution >= 4 is 21.6 Å². The van der Waals surface area contributed by atoms with Crippen LogP contribution in [0.15, 0.2) is 11.1 Å². The predicted molar refractivity (Wildman–Crippen MR) is 88.9 cm³/mol. The van der Waals surface area contributed by atoms with Crippen molar-refractivity contribution in [2.45, 2.75) is 52.2 Å². The molecule has 0 atom stereocenters. The van der Waals surface area contributed by atoms with Crippen LogP contribution in [0.4, 0.5) is 0 Å². The Hall–Kier alpha value is -1.38. The molecule has 0 aliphatic rings. The van der Waals surface area contributed by atoms with Gasteiger partial charge in [0.25, 0.3) is 0 Å². The first-order valence-electron chi connectivity index (χ1n) is 7.44. The minimum Gasteiger partial charge on any atom is -0.271 e. The molecule has 2 rings (SSSR count). The van der Waals surface area contributed by atoms with Crippen molar-refractivity contribution in [1.29, 1.82) is 0 Å². The van der Waals surface area contributed by atoms with Crippen molar-refractivity contribution in [2.75, 3.05) is 7.05 Å². The molecule has 0 unspecified atom stereocenters. The summed E-state index contributed by atoms with van der Waals surface area (Å²) in [5.41, 5.74) is 1.68. The Morgan fingerprint density at radius 1 is 1.22 bits per heavy atom. The minimum atomic E-state index is -3.66. The Morgan fingerprint density at radius 3 is 2.35 bits per heavy atom. The van der Waals surface area contributed by atoms with Gasteiger partial charge < -0.3 is 0 Å². The summed E-state index contributed by atoms with van der Waals surface area (Å²) in [6, 6.07) is 0. The maximum Gasteiger partial charge on any atom is 0.246 e. The van der Waals surface area contributed by atoms with Gasteiger partial charge in [0.15, 0.2) is 0 Å². The van der Waals surface area contributed by atoms with Crippen LogP contribution in [0.5, 0.6) is 0 Å². The zero-order valence-electron chi connectivity index (χ0n) is 14.0. The highest BCUT2D eigenvalue weighted by Crippen LogP contribution is 2.25. The molecule has 0 aromatic carbocycles. The minimum absolute atomic E-state index is 0.115. The average molecular weight is 360 g/mol. The van der Waals surface area contributed by atoms with Crippen LogP contribution in [-0.4, -0.2) is 39.3 Å². The fourth-order valence-electron chi connectivity index (χ4n) is 2.52. The second kappa shape index (κ2) is 6.62. The van der Waals surface area contributed by atoms with Crippen LogP contribution >= 0.6 is 11.6 Å². The molecular weight excluding hydrogens is 338 g/mol. The van der Waals surface area contributed by atoms with Crippen LogP contribution in [0.25, 0.3) is 0 Å². The molecule has 9 heteroatoms. The van der Waals surface area contributed by atoms with Crippen molar-refractivity contribution in [3.63, 3.8) is 0 Å². The molecule has 0 amide bonds. The Kier molecular flexibility index (Phi) is 5.17. The van der Waals surface area contributed by atoms with E-state index in [9.17, 15) is 8.42 Å². The van der Waals surface area contributed by atoms with E-state index in [2.05, 4.69) is 10.2 Å². The molecule has 0 aliphatic heterocycles. The molecule has 0 fully saturated rings. The molecule has 7 nitrogen and oxygen atoms in total. The van der Waals surface area contributed by atoms with Crippen molar-refractivity contribution in [1.82, 2.24) is 23.9 Å². The molecule has 0 bridgehead atoms. The van der Waals surface area contributed by atoms with Crippen LogP contribution in [0.2, 0.25) is 5.02 Å². The van der Waals surface area contributed by atoms with Gasteiger partial charge in [-0.1, -0.05) is 11.6 Å². The average Bonchev–Trinajstić information content (AvgIpc) is 2.98. The van der Waals surface area contributed by atoms with Crippen molar-refractivity contribution in [3.05, 3.63) is 28.3 Å². The summed E-state index contributed by atoms with van der Waals surface area (Å²) in [4.78, 5) is 0.257. The Balaban J connectivity index is 2.36. The van der Waals surface area contributed by atoms with E-state index in [-0.39, 0.29) is 11.4 Å². The van der Waals surface area contributed by atoms with Crippen LogP contribution in [0.1, 0.15) is 30.9 Å². The molecule has 2 aromatic rings. The summed E-state index contributed by atoms with van der Waals surface area (Å²) in [6.45, 7) is 8.76. The molecule has 2 heterocycles. The van der Waals surface area contributed by atoms with Crippen molar-refractivity contribution in [3.8, 4) is 0 Å². The van der Waals surface area contributed by atoms with Gasteiger partial charge in [0.1, 0.15) is 4.90 Å². The van der Waals surface area contributed by atoms with Gasteiger partial charge in [-0.15, -0.1) is 0 Å². The van der Waals surface area contributed by atoms with Gasteiger partial charge in [-0.3, -0.25) is 9.36 Å². The summed E-state index contributed by atoms with van der Waals surface area (Å²) in [5.74, 6) is 0. The summed E-state index contributed by atoms with van der Waals surface area (Å²) in [6.07, 6.45) is 1.70. The summed E-state index contributed by atoms with van der Waals surface area (Å²) < 4.78 is 30.4. The predicted octanol–water partition coefficient (Wildman–Crippen LogP) is 2.21. The van der Waals surface area contributed by atoms with Gasteiger partial charge >= 0.3 is 0 Å². The lowest BCUT2D eigenvalue weighted by molar-refractivity contribution is 0.457. The maximum atomic E-state index is 12.9. The number of rotatable bonds is 6. The molecule has 0 N–H and O–H groups in total. The zero-order valence-corrected chi connectivity index (χ0v) is 15.6. The maximum absolute atomic E-state index is 12.9. The highest BCUT2D eigenvalue weighted by molar-refractivity contribution is 7.89. The lowest BCUT2D eigenvalue weighted by Gasteiger charge is -2.16. The summed E-state index contributed by atoms with van der Waals surface area (Å²) in [7, 11) is -2.13. The Morgan fingerprint density at radius 2 is 1.87 bits per heavy atom. The molecule has 0 radical (unpaired) electrons. The first-order valence-corrected chi connectivity index (χ1v) is 9.26. The molecule has 0 spiro atoms. The fourth-order valence-corrected chi connectivity index (χ4v) is 4.23. The standard InChI is InChI=1S/C14H22ClN5O2S/c1-6-19-8-12(15)13(17-19)9-18(5)23(21,22)14-10(3)16-20(7-2)11(14)4/h8H,6-7,9H2,1-5H3. The van der Waals surface area contributed by atoms with E-state index in [1.54, 1.807) is 29.4 Å². The fraction of sp³-hybridized carbons (Fsp3) is 0.571. The van der Waals surface area contributed by atoms with E-state index < -0.39 is 10.0 Å². The molecule has 0 saturated heterocycles. The topological polar surface area (TPSA) is 73.0 Å². The normalized spacial score (nSPS) is 12.3. The quantitative estimate of drug-likeness (QED) is 0.792. The summed E-state index contributed by atoms with van der Waals surface area (Å²) in [5, 5.41) is 9.05. The van der Waals surface area contributed by atoms with E-state index in [1.165, 1.54) is 11.4 Å². The number of aryl methyl sites for hydroxylation is 3. The van der Waals surface area contributed by atoms with Crippen molar-refractivity contribution in [2.24, 2.45) is 0 Å². The highest BCUT2D eigenvalue weighted by Gasteiger charge is 2.29. The summed E-state index contributed by atoms with van der Waals surface area (Å²) >= 11 is 6.13. The van der Waals surface area contributed by atoms with Crippen molar-refractivity contribution < 1.29 is 8.42 Å². The SMILES string of the molecule is CCn1cc(Cl)c(CN(C)S(=O)(=O)c2c(C)nn(CC)c2C)n1. The number of halogens is 1. The van der Waals surface area contributed by atoms with Gasteiger partial charge in [-0.05, 0) is 27.7 Å². The molecular formula is C14H22ClN5O2S. The third kappa shape index (κ3) is 3.29. The van der Waals surface area contributed by atoms with Gasteiger partial charge in [-0.25, -0.2) is 8.42 Å². The van der Waals surface area contributed by atoms with Crippen LogP contribution in [0.3, 0.4) is 0 Å². The number of hydrogen-bond donors (Lipinski definition) is 0. The van der Waals surface area contributed by atoms with Crippen LogP contribution < -0.4 is 0 Å². The number of nitrogens with zero attached hydrogens (tertiary/aromatic N) is 5. The highest BCUT2D eigenvalue weighted by atomic mass is 35.5. The third-order valence-electron chi connectivity index (χ3n) is 3.77. The molecule has 23 heavy (non-hydrogen) atoms. The molecule has 0 aliphatic carbocycles. The monoisotopic (exact) mass is 359 g/mol. The van der Waals surface area contributed by atoms with Crippen LogP contribution in [-0.2, 0) is 29.7 Å². The smallest absolute Gasteiger partial charge is 0.246 e. The van der Waals surface area contributed by atoms with E-state index >= 15 is 0 Å². The third-order valence-corrected chi connectivity index (χ3v) is 6.14. The Labute approximate surface area is 141 Å². The van der Waals surface area contributed by atoms with Gasteiger partial charge in [0, 0.05) is 26.3 Å².